The lowest BCUT2D eigenvalue weighted by Gasteiger charge is -2.33. The zero-order valence-corrected chi connectivity index (χ0v) is 25.2. The molecule has 0 saturated carbocycles. The number of carbonyl (C=O) groups is 3. The Morgan fingerprint density at radius 2 is 1.72 bits per heavy atom. The van der Waals surface area contributed by atoms with Crippen LogP contribution < -0.4 is 26.6 Å². The Kier molecular flexibility index (Phi) is 11.1. The van der Waals surface area contributed by atoms with E-state index in [1.54, 1.807) is 14.0 Å². The van der Waals surface area contributed by atoms with Crippen LogP contribution in [-0.2, 0) is 9.53 Å². The highest BCUT2D eigenvalue weighted by atomic mass is 16.6. The van der Waals surface area contributed by atoms with E-state index in [1.165, 1.54) is 23.7 Å². The Morgan fingerprint density at radius 1 is 1.02 bits per heavy atom. The van der Waals surface area contributed by atoms with Crippen LogP contribution >= 0.6 is 0 Å². The maximum atomic E-state index is 12.9. The molecule has 0 unspecified atom stereocenters. The number of imidazole rings is 1. The molecular formula is C27H44N10O6. The van der Waals surface area contributed by atoms with Crippen molar-refractivity contribution in [2.45, 2.75) is 58.2 Å². The van der Waals surface area contributed by atoms with Gasteiger partial charge in [0.05, 0.1) is 6.33 Å². The second kappa shape index (κ2) is 14.7. The van der Waals surface area contributed by atoms with Crippen molar-refractivity contribution >= 4 is 34.8 Å². The third-order valence-corrected chi connectivity index (χ3v) is 7.97. The van der Waals surface area contributed by atoms with Gasteiger partial charge in [-0.1, -0.05) is 13.8 Å². The van der Waals surface area contributed by atoms with Crippen LogP contribution in [0.25, 0.3) is 11.2 Å². The summed E-state index contributed by atoms with van der Waals surface area (Å²) in [6, 6.07) is -0.311. The summed E-state index contributed by atoms with van der Waals surface area (Å²) in [6.45, 7) is 10.4. The molecule has 2 aromatic rings. The van der Waals surface area contributed by atoms with Gasteiger partial charge in [-0.15, -0.1) is 0 Å². The molecular weight excluding hydrogens is 560 g/mol. The minimum absolute atomic E-state index is 0.134. The Hall–Kier alpha value is -3.60. The summed E-state index contributed by atoms with van der Waals surface area (Å²) in [6.07, 6.45) is -1.69. The van der Waals surface area contributed by atoms with Gasteiger partial charge in [-0.2, -0.15) is 0 Å². The van der Waals surface area contributed by atoms with Gasteiger partial charge in [0.25, 0.3) is 11.8 Å². The molecule has 2 aliphatic rings. The molecule has 16 nitrogen and oxygen atoms in total. The molecule has 2 aliphatic heterocycles. The summed E-state index contributed by atoms with van der Waals surface area (Å²) >= 11 is 0. The molecule has 0 aliphatic carbocycles. The average Bonchev–Trinajstić information content (AvgIpc) is 3.55. The van der Waals surface area contributed by atoms with Crippen molar-refractivity contribution in [3.05, 3.63) is 12.2 Å². The number of hydrogen-bond donors (Lipinski definition) is 7. The van der Waals surface area contributed by atoms with Crippen LogP contribution in [0.3, 0.4) is 0 Å². The number of ether oxygens (including phenoxy) is 1. The Labute approximate surface area is 250 Å². The third kappa shape index (κ3) is 7.68. The number of likely N-dealkylation sites (N-methyl/N-ethyl adjacent to an activating group) is 1. The van der Waals surface area contributed by atoms with Crippen molar-refractivity contribution < 1.29 is 29.3 Å². The predicted octanol–water partition coefficient (Wildman–Crippen LogP) is -0.980. The summed E-state index contributed by atoms with van der Waals surface area (Å²) in [5.41, 5.74) is 0.455. The van der Waals surface area contributed by atoms with Gasteiger partial charge in [0.15, 0.2) is 29.3 Å². The van der Waals surface area contributed by atoms with Gasteiger partial charge >= 0.3 is 6.03 Å². The number of urea groups is 1. The molecule has 0 bridgehead atoms. The molecule has 43 heavy (non-hydrogen) atoms. The Morgan fingerprint density at radius 3 is 2.40 bits per heavy atom. The summed E-state index contributed by atoms with van der Waals surface area (Å²) < 4.78 is 7.03. The lowest BCUT2D eigenvalue weighted by atomic mass is 9.87. The van der Waals surface area contributed by atoms with Crippen molar-refractivity contribution in [3.8, 4) is 0 Å². The molecule has 0 aromatic carbocycles. The number of hydrogen-bond acceptors (Lipinski definition) is 11. The standard InChI is InChI=1S/C27H44N10O6/c1-5-29-24(40)20-18(38)19(39)26(43-20)37-14-33-17-21(28-4)34-22(35-23(17)37)25(41)30-8-9-31-27(42)32-10-13-36-11-6-16(7-12-36)15(2)3/h14-16,18-20,26,38-39H,5-13H2,1-4H3,(H,29,40)(H,30,41)(H,28,34,35)(H2,31,32,42)/t18-,19+,20-,26+/m0/s1. The molecule has 2 saturated heterocycles. The number of rotatable bonds is 12. The minimum Gasteiger partial charge on any atom is -0.387 e. The molecule has 4 amide bonds. The molecule has 2 aromatic heterocycles. The van der Waals surface area contributed by atoms with Crippen LogP contribution in [0.5, 0.6) is 0 Å². The number of aliphatic hydroxyl groups excluding tert-OH is 2. The fourth-order valence-electron chi connectivity index (χ4n) is 5.42. The quantitative estimate of drug-likeness (QED) is 0.147. The van der Waals surface area contributed by atoms with Crippen molar-refractivity contribution in [1.82, 2.24) is 45.7 Å². The second-order valence-corrected chi connectivity index (χ2v) is 11.2. The largest absolute Gasteiger partial charge is 0.387 e. The van der Waals surface area contributed by atoms with E-state index >= 15 is 0 Å². The molecule has 7 N–H and O–H groups in total. The number of aliphatic hydroxyl groups is 2. The van der Waals surface area contributed by atoms with Gasteiger partial charge in [-0.25, -0.2) is 19.7 Å². The lowest BCUT2D eigenvalue weighted by Crippen LogP contribution is -2.44. The summed E-state index contributed by atoms with van der Waals surface area (Å²) in [4.78, 5) is 52.6. The van der Waals surface area contributed by atoms with Crippen molar-refractivity contribution in [2.75, 3.05) is 58.2 Å². The summed E-state index contributed by atoms with van der Waals surface area (Å²) in [7, 11) is 1.61. The number of fused-ring (bicyclic) bond motifs is 1. The van der Waals surface area contributed by atoms with E-state index in [0.717, 1.165) is 25.6 Å². The van der Waals surface area contributed by atoms with E-state index in [4.69, 9.17) is 4.74 Å². The Balaban J connectivity index is 1.28. The van der Waals surface area contributed by atoms with Crippen LogP contribution in [0.1, 0.15) is 50.5 Å². The maximum Gasteiger partial charge on any atom is 0.314 e. The second-order valence-electron chi connectivity index (χ2n) is 11.2. The SMILES string of the molecule is CCNC(=O)[C@H]1O[C@@H](n2cnc3c(NC)nc(C(=O)NCCNC(=O)NCCN4CCC(C(C)C)CC4)nc32)[C@H](O)[C@@H]1O. The molecule has 16 heteroatoms. The predicted molar refractivity (Wildman–Crippen MR) is 157 cm³/mol. The van der Waals surface area contributed by atoms with Crippen LogP contribution in [0.4, 0.5) is 10.6 Å². The monoisotopic (exact) mass is 604 g/mol. The van der Waals surface area contributed by atoms with Gasteiger partial charge in [0.1, 0.15) is 12.2 Å². The van der Waals surface area contributed by atoms with Gasteiger partial charge in [-0.3, -0.25) is 14.2 Å². The first-order valence-corrected chi connectivity index (χ1v) is 14.9. The molecule has 4 heterocycles. The molecule has 4 atom stereocenters. The maximum absolute atomic E-state index is 12.9. The number of aromatic nitrogens is 4. The molecule has 4 rings (SSSR count). The third-order valence-electron chi connectivity index (χ3n) is 7.97. The number of carbonyl (C=O) groups excluding carboxylic acids is 3. The highest BCUT2D eigenvalue weighted by Crippen LogP contribution is 2.32. The lowest BCUT2D eigenvalue weighted by molar-refractivity contribution is -0.137. The van der Waals surface area contributed by atoms with Crippen LogP contribution in [-0.4, -0.2) is 124 Å². The molecule has 0 spiro atoms. The summed E-state index contributed by atoms with van der Waals surface area (Å²) in [5, 5.41) is 34.7. The highest BCUT2D eigenvalue weighted by molar-refractivity contribution is 5.94. The fraction of sp³-hybridized carbons (Fsp3) is 0.704. The first kappa shape index (κ1) is 32.3. The van der Waals surface area contributed by atoms with Gasteiger partial charge in [0.2, 0.25) is 5.82 Å². The zero-order chi connectivity index (χ0) is 31.1. The van der Waals surface area contributed by atoms with Crippen molar-refractivity contribution in [1.29, 1.82) is 0 Å². The van der Waals surface area contributed by atoms with E-state index in [1.807, 2.05) is 0 Å². The number of amides is 4. The molecule has 238 valence electrons. The van der Waals surface area contributed by atoms with Crippen LogP contribution in [0, 0.1) is 11.8 Å². The number of nitrogens with one attached hydrogen (secondary N) is 5. The smallest absolute Gasteiger partial charge is 0.314 e. The van der Waals surface area contributed by atoms with E-state index in [-0.39, 0.29) is 36.4 Å². The van der Waals surface area contributed by atoms with E-state index < -0.39 is 36.4 Å². The fourth-order valence-corrected chi connectivity index (χ4v) is 5.42. The van der Waals surface area contributed by atoms with Crippen LogP contribution in [0.2, 0.25) is 0 Å². The molecule has 2 fully saturated rings. The van der Waals surface area contributed by atoms with Gasteiger partial charge in [-0.05, 0) is 44.7 Å². The van der Waals surface area contributed by atoms with Crippen molar-refractivity contribution in [3.63, 3.8) is 0 Å². The number of nitrogens with zero attached hydrogens (tertiary/aromatic N) is 5. The van der Waals surface area contributed by atoms with Crippen LogP contribution in [0.15, 0.2) is 6.33 Å². The molecule has 0 radical (unpaired) electrons. The average molecular weight is 605 g/mol. The van der Waals surface area contributed by atoms with E-state index in [0.29, 0.717) is 24.5 Å². The van der Waals surface area contributed by atoms with E-state index in [2.05, 4.69) is 60.3 Å². The topological polar surface area (TPSA) is 208 Å². The number of anilines is 1. The highest BCUT2D eigenvalue weighted by Gasteiger charge is 2.47. The Bertz CT molecular complexity index is 1260. The first-order chi connectivity index (χ1) is 20.6. The number of likely N-dealkylation sites (tertiary alicyclic amines) is 1. The summed E-state index contributed by atoms with van der Waals surface area (Å²) in [5.74, 6) is 0.408. The number of piperidine rings is 1. The van der Waals surface area contributed by atoms with Gasteiger partial charge in [0, 0.05) is 39.8 Å². The normalized spacial score (nSPS) is 23.0. The zero-order valence-electron chi connectivity index (χ0n) is 25.2. The van der Waals surface area contributed by atoms with Gasteiger partial charge < -0.3 is 46.4 Å². The minimum atomic E-state index is -1.48. The first-order valence-electron chi connectivity index (χ1n) is 14.9. The van der Waals surface area contributed by atoms with E-state index in [9.17, 15) is 24.6 Å². The van der Waals surface area contributed by atoms with Crippen molar-refractivity contribution in [2.24, 2.45) is 11.8 Å².